The summed E-state index contributed by atoms with van der Waals surface area (Å²) in [7, 11) is 1.14. The van der Waals surface area contributed by atoms with Gasteiger partial charge in [0.25, 0.3) is 0 Å². The van der Waals surface area contributed by atoms with Crippen LogP contribution in [0.3, 0.4) is 0 Å². The molecule has 1 aliphatic heterocycles. The van der Waals surface area contributed by atoms with Gasteiger partial charge in [0, 0.05) is 6.20 Å². The van der Waals surface area contributed by atoms with Crippen LogP contribution in [0.5, 0.6) is 5.75 Å². The summed E-state index contributed by atoms with van der Waals surface area (Å²) in [6, 6.07) is 0.537. The normalized spacial score (nSPS) is 16.7. The summed E-state index contributed by atoms with van der Waals surface area (Å²) in [5, 5.41) is -0.113. The third-order valence-corrected chi connectivity index (χ3v) is 3.51. The highest BCUT2D eigenvalue weighted by Gasteiger charge is 2.28. The van der Waals surface area contributed by atoms with Crippen molar-refractivity contribution in [3.63, 3.8) is 0 Å². The molecule has 1 aromatic carbocycles. The Morgan fingerprint density at radius 1 is 1.48 bits per heavy atom. The second-order valence-electron chi connectivity index (χ2n) is 4.83. The van der Waals surface area contributed by atoms with E-state index >= 15 is 0 Å². The lowest BCUT2D eigenvalue weighted by Crippen LogP contribution is -2.27. The fourth-order valence-corrected chi connectivity index (χ4v) is 2.45. The van der Waals surface area contributed by atoms with Gasteiger partial charge in [0.2, 0.25) is 11.2 Å². The summed E-state index contributed by atoms with van der Waals surface area (Å²) in [6.07, 6.45) is 1.30. The highest BCUT2D eigenvalue weighted by molar-refractivity contribution is 5.95. The van der Waals surface area contributed by atoms with Crippen molar-refractivity contribution in [3.05, 3.63) is 39.7 Å². The Bertz CT molecular complexity index is 828. The third kappa shape index (κ3) is 1.80. The van der Waals surface area contributed by atoms with Gasteiger partial charge in [0.1, 0.15) is 12.2 Å². The van der Waals surface area contributed by atoms with E-state index in [4.69, 9.17) is 4.74 Å². The Morgan fingerprint density at radius 3 is 2.86 bits per heavy atom. The van der Waals surface area contributed by atoms with Gasteiger partial charge in [-0.25, -0.2) is 9.18 Å². The van der Waals surface area contributed by atoms with Crippen molar-refractivity contribution in [3.8, 4) is 5.75 Å². The van der Waals surface area contributed by atoms with Gasteiger partial charge in [-0.05, 0) is 13.0 Å². The van der Waals surface area contributed by atoms with E-state index in [0.717, 1.165) is 13.2 Å². The van der Waals surface area contributed by atoms with Crippen LogP contribution < -0.4 is 10.2 Å². The van der Waals surface area contributed by atoms with Gasteiger partial charge in [0.05, 0.1) is 24.1 Å². The lowest BCUT2D eigenvalue weighted by molar-refractivity contribution is 0.0598. The molecule has 0 bridgehead atoms. The Kier molecular flexibility index (Phi) is 2.93. The maximum absolute atomic E-state index is 13.8. The Labute approximate surface area is 117 Å². The van der Waals surface area contributed by atoms with Crippen molar-refractivity contribution in [1.29, 1.82) is 0 Å². The summed E-state index contributed by atoms with van der Waals surface area (Å²) in [6.45, 7) is 1.88. The number of pyridine rings is 1. The largest absolute Gasteiger partial charge is 0.486 e. The van der Waals surface area contributed by atoms with Crippen LogP contribution in [-0.4, -0.2) is 24.3 Å². The molecule has 0 N–H and O–H groups in total. The number of aromatic nitrogens is 1. The van der Waals surface area contributed by atoms with E-state index in [1.54, 1.807) is 6.92 Å². The number of esters is 1. The Morgan fingerprint density at radius 2 is 2.19 bits per heavy atom. The number of carbonyl (C=O) groups is 1. The number of methoxy groups -OCH3 is 1. The van der Waals surface area contributed by atoms with Crippen molar-refractivity contribution < 1.29 is 23.0 Å². The van der Waals surface area contributed by atoms with E-state index in [1.807, 2.05) is 0 Å². The predicted octanol–water partition coefficient (Wildman–Crippen LogP) is 2.02. The van der Waals surface area contributed by atoms with E-state index in [2.05, 4.69) is 4.74 Å². The topological polar surface area (TPSA) is 57.5 Å². The molecule has 0 amide bonds. The molecule has 5 nitrogen and oxygen atoms in total. The average molecular weight is 295 g/mol. The van der Waals surface area contributed by atoms with Crippen molar-refractivity contribution in [1.82, 2.24) is 4.57 Å². The molecule has 110 valence electrons. The summed E-state index contributed by atoms with van der Waals surface area (Å²) >= 11 is 0. The van der Waals surface area contributed by atoms with Crippen LogP contribution in [0.4, 0.5) is 8.78 Å². The highest BCUT2D eigenvalue weighted by Crippen LogP contribution is 2.35. The van der Waals surface area contributed by atoms with E-state index in [-0.39, 0.29) is 34.9 Å². The zero-order valence-electron chi connectivity index (χ0n) is 11.3. The van der Waals surface area contributed by atoms with Crippen LogP contribution in [0.2, 0.25) is 0 Å². The fraction of sp³-hybridized carbons (Fsp3) is 0.286. The highest BCUT2D eigenvalue weighted by atomic mass is 19.2. The van der Waals surface area contributed by atoms with Gasteiger partial charge in [-0.1, -0.05) is 0 Å². The maximum atomic E-state index is 13.8. The quantitative estimate of drug-likeness (QED) is 0.755. The molecule has 0 saturated heterocycles. The molecule has 21 heavy (non-hydrogen) atoms. The first kappa shape index (κ1) is 13.5. The molecule has 0 radical (unpaired) electrons. The number of rotatable bonds is 1. The molecule has 2 aromatic rings. The zero-order chi connectivity index (χ0) is 15.3. The van der Waals surface area contributed by atoms with Crippen LogP contribution in [-0.2, 0) is 4.74 Å². The van der Waals surface area contributed by atoms with E-state index in [0.29, 0.717) is 0 Å². The fourth-order valence-electron chi connectivity index (χ4n) is 2.45. The molecule has 7 heteroatoms. The molecular formula is C14H11F2NO4. The average Bonchev–Trinajstić information content (AvgIpc) is 2.47. The first-order valence-electron chi connectivity index (χ1n) is 6.23. The predicted molar refractivity (Wildman–Crippen MR) is 69.7 cm³/mol. The van der Waals surface area contributed by atoms with Gasteiger partial charge < -0.3 is 14.0 Å². The zero-order valence-corrected chi connectivity index (χ0v) is 11.3. The summed E-state index contributed by atoms with van der Waals surface area (Å²) in [5.41, 5.74) is -0.799. The molecule has 1 atom stereocenters. The van der Waals surface area contributed by atoms with Gasteiger partial charge in [-0.3, -0.25) is 4.79 Å². The molecule has 1 unspecified atom stereocenters. The summed E-state index contributed by atoms with van der Waals surface area (Å²) in [5.74, 6) is -3.47. The Hall–Kier alpha value is -2.44. The van der Waals surface area contributed by atoms with Gasteiger partial charge >= 0.3 is 5.97 Å². The molecule has 0 spiro atoms. The first-order chi connectivity index (χ1) is 9.95. The maximum Gasteiger partial charge on any atom is 0.343 e. The van der Waals surface area contributed by atoms with Crippen LogP contribution in [0.1, 0.15) is 23.3 Å². The lowest BCUT2D eigenvalue weighted by atomic mass is 10.1. The number of hydrogen-bond acceptors (Lipinski definition) is 4. The Balaban J connectivity index is 2.51. The molecule has 3 rings (SSSR count). The third-order valence-electron chi connectivity index (χ3n) is 3.51. The van der Waals surface area contributed by atoms with Gasteiger partial charge in [-0.15, -0.1) is 0 Å². The van der Waals surface area contributed by atoms with Crippen LogP contribution in [0.15, 0.2) is 17.1 Å². The number of ether oxygens (including phenoxy) is 2. The molecule has 1 aliphatic rings. The monoisotopic (exact) mass is 295 g/mol. The molecule has 0 aliphatic carbocycles. The lowest BCUT2D eigenvalue weighted by Gasteiger charge is -2.27. The van der Waals surface area contributed by atoms with Crippen molar-refractivity contribution >= 4 is 16.9 Å². The minimum absolute atomic E-state index is 0.103. The second kappa shape index (κ2) is 4.54. The van der Waals surface area contributed by atoms with Crippen LogP contribution in [0, 0.1) is 11.6 Å². The number of benzene rings is 1. The smallest absolute Gasteiger partial charge is 0.343 e. The number of nitrogens with zero attached hydrogens (tertiary/aromatic N) is 1. The van der Waals surface area contributed by atoms with E-state index in [9.17, 15) is 18.4 Å². The first-order valence-corrected chi connectivity index (χ1v) is 6.23. The van der Waals surface area contributed by atoms with Crippen molar-refractivity contribution in [2.75, 3.05) is 13.7 Å². The van der Waals surface area contributed by atoms with Gasteiger partial charge in [-0.2, -0.15) is 4.39 Å². The minimum Gasteiger partial charge on any atom is -0.486 e. The minimum atomic E-state index is -1.20. The van der Waals surface area contributed by atoms with Gasteiger partial charge in [0.15, 0.2) is 11.6 Å². The number of hydrogen-bond donors (Lipinski definition) is 0. The molecule has 0 saturated carbocycles. The van der Waals surface area contributed by atoms with Crippen molar-refractivity contribution in [2.45, 2.75) is 13.0 Å². The summed E-state index contributed by atoms with van der Waals surface area (Å²) < 4.78 is 38.7. The van der Waals surface area contributed by atoms with Crippen LogP contribution in [0.25, 0.3) is 10.9 Å². The molecule has 2 heterocycles. The second-order valence-corrected chi connectivity index (χ2v) is 4.83. The van der Waals surface area contributed by atoms with E-state index in [1.165, 1.54) is 10.8 Å². The van der Waals surface area contributed by atoms with Crippen LogP contribution >= 0.6 is 0 Å². The number of halogens is 2. The molecule has 1 aromatic heterocycles. The summed E-state index contributed by atoms with van der Waals surface area (Å²) in [4.78, 5) is 24.0. The standard InChI is InChI=1S/C14H11F2NO4/c1-6-5-21-13-10(16)9(15)3-7-11(13)17(6)4-8(12(7)18)14(19)20-2/h3-4,6H,5H2,1-2H3. The molecule has 0 fully saturated rings. The number of carbonyl (C=O) groups excluding carboxylic acids is 1. The van der Waals surface area contributed by atoms with E-state index < -0.39 is 23.0 Å². The molecular weight excluding hydrogens is 284 g/mol. The van der Waals surface area contributed by atoms with Crippen molar-refractivity contribution in [2.24, 2.45) is 0 Å². The SMILES string of the molecule is COC(=O)c1cn2c3c(c(F)c(F)cc3c1=O)OCC2C.